The van der Waals surface area contributed by atoms with E-state index in [1.165, 1.54) is 12.1 Å². The van der Waals surface area contributed by atoms with E-state index in [2.05, 4.69) is 27.3 Å². The lowest BCUT2D eigenvalue weighted by Gasteiger charge is -2.21. The number of amides is 1. The van der Waals surface area contributed by atoms with E-state index in [0.717, 1.165) is 18.9 Å². The molecule has 1 amide bonds. The van der Waals surface area contributed by atoms with Gasteiger partial charge in [0.15, 0.2) is 6.61 Å². The van der Waals surface area contributed by atoms with Crippen molar-refractivity contribution in [3.8, 4) is 6.07 Å². The van der Waals surface area contributed by atoms with E-state index in [4.69, 9.17) is 10.00 Å². The number of benzene rings is 1. The third-order valence-electron chi connectivity index (χ3n) is 3.54. The van der Waals surface area contributed by atoms with Crippen molar-refractivity contribution >= 4 is 27.8 Å². The van der Waals surface area contributed by atoms with E-state index in [0.29, 0.717) is 17.3 Å². The molecule has 0 spiro atoms. The number of carbonyl (C=O) groups is 2. The van der Waals surface area contributed by atoms with E-state index in [1.807, 2.05) is 0 Å². The highest BCUT2D eigenvalue weighted by molar-refractivity contribution is 9.10. The molecule has 1 aromatic rings. The van der Waals surface area contributed by atoms with Crippen molar-refractivity contribution in [2.75, 3.05) is 6.61 Å². The van der Waals surface area contributed by atoms with Crippen molar-refractivity contribution in [3.63, 3.8) is 0 Å². The predicted octanol–water partition coefficient (Wildman–Crippen LogP) is 2.70. The number of rotatable bonds is 4. The Morgan fingerprint density at radius 2 is 2.09 bits per heavy atom. The molecule has 0 radical (unpaired) electrons. The molecule has 7 heteroatoms. The summed E-state index contributed by atoms with van der Waals surface area (Å²) < 4.78 is 18.9. The summed E-state index contributed by atoms with van der Waals surface area (Å²) in [4.78, 5) is 23.5. The van der Waals surface area contributed by atoms with Crippen molar-refractivity contribution < 1.29 is 18.7 Å². The molecule has 2 rings (SSSR count). The third kappa shape index (κ3) is 3.83. The fraction of sp³-hybridized carbons (Fsp3) is 0.400. The molecule has 0 aromatic heterocycles. The monoisotopic (exact) mass is 368 g/mol. The number of nitriles is 1. The smallest absolute Gasteiger partial charge is 0.341 e. The minimum Gasteiger partial charge on any atom is -0.452 e. The summed E-state index contributed by atoms with van der Waals surface area (Å²) in [6, 6.07) is 6.02. The summed E-state index contributed by atoms with van der Waals surface area (Å²) in [6.45, 7) is -0.544. The Bertz CT molecular complexity index is 636. The number of hydrogen-bond donors (Lipinski definition) is 1. The molecule has 0 bridgehead atoms. The van der Waals surface area contributed by atoms with E-state index >= 15 is 0 Å². The van der Waals surface area contributed by atoms with Gasteiger partial charge in [0.05, 0.1) is 11.6 Å². The van der Waals surface area contributed by atoms with Gasteiger partial charge in [-0.3, -0.25) is 4.79 Å². The Morgan fingerprint density at radius 1 is 1.41 bits per heavy atom. The molecule has 1 aliphatic rings. The molecule has 1 N–H and O–H groups in total. The van der Waals surface area contributed by atoms with Gasteiger partial charge in [0.1, 0.15) is 11.4 Å². The van der Waals surface area contributed by atoms with Crippen LogP contribution in [0.25, 0.3) is 0 Å². The third-order valence-corrected chi connectivity index (χ3v) is 4.03. The summed E-state index contributed by atoms with van der Waals surface area (Å²) in [6.07, 6.45) is 2.92. The maximum atomic E-state index is 13.6. The second-order valence-electron chi connectivity index (χ2n) is 5.15. The molecule has 0 unspecified atom stereocenters. The second-order valence-corrected chi connectivity index (χ2v) is 6.07. The lowest BCUT2D eigenvalue weighted by atomic mass is 10.00. The largest absolute Gasteiger partial charge is 0.452 e. The minimum atomic E-state index is -0.919. The van der Waals surface area contributed by atoms with Gasteiger partial charge in [-0.1, -0.05) is 15.9 Å². The Kier molecular flexibility index (Phi) is 5.14. The zero-order chi connectivity index (χ0) is 16.2. The van der Waals surface area contributed by atoms with Crippen LogP contribution in [-0.4, -0.2) is 24.0 Å². The highest BCUT2D eigenvalue weighted by Gasteiger charge is 2.35. The van der Waals surface area contributed by atoms with Crippen molar-refractivity contribution in [1.29, 1.82) is 5.26 Å². The maximum absolute atomic E-state index is 13.6. The van der Waals surface area contributed by atoms with E-state index in [9.17, 15) is 14.0 Å². The number of halogens is 2. The fourth-order valence-electron chi connectivity index (χ4n) is 2.41. The highest BCUT2D eigenvalue weighted by atomic mass is 79.9. The van der Waals surface area contributed by atoms with Crippen LogP contribution in [0.1, 0.15) is 36.0 Å². The summed E-state index contributed by atoms with van der Waals surface area (Å²) in [7, 11) is 0. The summed E-state index contributed by atoms with van der Waals surface area (Å²) in [5.74, 6) is -2.21. The molecule has 1 fully saturated rings. The Balaban J connectivity index is 1.91. The van der Waals surface area contributed by atoms with E-state index in [1.54, 1.807) is 0 Å². The average molecular weight is 369 g/mol. The number of nitrogens with one attached hydrogen (secondary N) is 1. The first-order valence-corrected chi connectivity index (χ1v) is 7.59. The number of ether oxygens (including phenoxy) is 1. The summed E-state index contributed by atoms with van der Waals surface area (Å²) >= 11 is 3.08. The van der Waals surface area contributed by atoms with Crippen molar-refractivity contribution in [1.82, 2.24) is 5.32 Å². The Labute approximate surface area is 135 Å². The SMILES string of the molecule is N#CC1(NC(=O)COC(=O)c2ccc(Br)cc2F)CCCC1. The fourth-order valence-corrected chi connectivity index (χ4v) is 2.74. The zero-order valence-corrected chi connectivity index (χ0v) is 13.3. The van der Waals surface area contributed by atoms with Gasteiger partial charge in [-0.2, -0.15) is 5.26 Å². The van der Waals surface area contributed by atoms with E-state index < -0.39 is 29.8 Å². The van der Waals surface area contributed by atoms with Crippen molar-refractivity contribution in [3.05, 3.63) is 34.1 Å². The molecular weight excluding hydrogens is 355 g/mol. The van der Waals surface area contributed by atoms with Crippen LogP contribution in [0.15, 0.2) is 22.7 Å². The summed E-state index contributed by atoms with van der Waals surface area (Å²) in [5, 5.41) is 11.8. The topological polar surface area (TPSA) is 79.2 Å². The van der Waals surface area contributed by atoms with Gasteiger partial charge in [-0.25, -0.2) is 9.18 Å². The molecular formula is C15H14BrFN2O3. The first kappa shape index (κ1) is 16.4. The molecule has 0 aliphatic heterocycles. The molecule has 1 saturated carbocycles. The van der Waals surface area contributed by atoms with Gasteiger partial charge in [-0.15, -0.1) is 0 Å². The van der Waals surface area contributed by atoms with Crippen molar-refractivity contribution in [2.24, 2.45) is 0 Å². The second kappa shape index (κ2) is 6.88. The van der Waals surface area contributed by atoms with Crippen LogP contribution in [0.4, 0.5) is 4.39 Å². The predicted molar refractivity (Wildman–Crippen MR) is 79.3 cm³/mol. The van der Waals surface area contributed by atoms with Crippen LogP contribution < -0.4 is 5.32 Å². The molecule has 1 aromatic carbocycles. The number of esters is 1. The van der Waals surface area contributed by atoms with Gasteiger partial charge in [0.2, 0.25) is 0 Å². The summed E-state index contributed by atoms with van der Waals surface area (Å²) in [5.41, 5.74) is -1.11. The standard InChI is InChI=1S/C15H14BrFN2O3/c16-10-3-4-11(12(17)7-10)14(21)22-8-13(20)19-15(9-18)5-1-2-6-15/h3-4,7H,1-2,5-6,8H2,(H,19,20). The number of nitrogens with zero attached hydrogens (tertiary/aromatic N) is 1. The van der Waals surface area contributed by atoms with Crippen LogP contribution >= 0.6 is 15.9 Å². The van der Waals surface area contributed by atoms with Gasteiger partial charge in [0, 0.05) is 4.47 Å². The van der Waals surface area contributed by atoms with Crippen LogP contribution in [0.5, 0.6) is 0 Å². The average Bonchev–Trinajstić information content (AvgIpc) is 2.94. The first-order valence-electron chi connectivity index (χ1n) is 6.80. The van der Waals surface area contributed by atoms with E-state index in [-0.39, 0.29) is 5.56 Å². The molecule has 0 heterocycles. The zero-order valence-electron chi connectivity index (χ0n) is 11.7. The quantitative estimate of drug-likeness (QED) is 0.828. The molecule has 0 saturated heterocycles. The minimum absolute atomic E-state index is 0.244. The molecule has 22 heavy (non-hydrogen) atoms. The lowest BCUT2D eigenvalue weighted by molar-refractivity contribution is -0.125. The van der Waals surface area contributed by atoms with Crippen LogP contribution in [0.2, 0.25) is 0 Å². The normalized spacial score (nSPS) is 15.9. The van der Waals surface area contributed by atoms with Crippen LogP contribution in [0, 0.1) is 17.1 Å². The lowest BCUT2D eigenvalue weighted by Crippen LogP contribution is -2.46. The van der Waals surface area contributed by atoms with Gasteiger partial charge < -0.3 is 10.1 Å². The molecule has 1 aliphatic carbocycles. The van der Waals surface area contributed by atoms with Gasteiger partial charge in [0.25, 0.3) is 5.91 Å². The highest BCUT2D eigenvalue weighted by Crippen LogP contribution is 2.28. The molecule has 0 atom stereocenters. The van der Waals surface area contributed by atoms with Crippen LogP contribution in [0.3, 0.4) is 0 Å². The maximum Gasteiger partial charge on any atom is 0.341 e. The molecule has 116 valence electrons. The molecule has 5 nitrogen and oxygen atoms in total. The van der Waals surface area contributed by atoms with Gasteiger partial charge in [-0.05, 0) is 43.9 Å². The van der Waals surface area contributed by atoms with Crippen molar-refractivity contribution in [2.45, 2.75) is 31.2 Å². The number of hydrogen-bond acceptors (Lipinski definition) is 4. The first-order chi connectivity index (χ1) is 10.5. The van der Waals surface area contributed by atoms with Crippen LogP contribution in [-0.2, 0) is 9.53 Å². The Hall–Kier alpha value is -1.94. The van der Waals surface area contributed by atoms with Gasteiger partial charge >= 0.3 is 5.97 Å². The number of carbonyl (C=O) groups excluding carboxylic acids is 2. The Morgan fingerprint density at radius 3 is 2.68 bits per heavy atom.